The predicted octanol–water partition coefficient (Wildman–Crippen LogP) is 1.67. The van der Waals surface area contributed by atoms with Gasteiger partial charge in [-0.1, -0.05) is 0 Å². The first-order valence-electron chi connectivity index (χ1n) is 17.8. The van der Waals surface area contributed by atoms with Crippen LogP contribution in [0.1, 0.15) is 20.7 Å². The molecule has 0 aliphatic rings. The topological polar surface area (TPSA) is 180 Å². The third kappa shape index (κ3) is 28.9. The zero-order valence-corrected chi connectivity index (χ0v) is 30.6. The Balaban J connectivity index is 1.14. The van der Waals surface area contributed by atoms with Crippen LogP contribution in [0.5, 0.6) is 0 Å². The Bertz CT molecular complexity index is 1020. The van der Waals surface area contributed by atoms with Crippen molar-refractivity contribution in [2.75, 3.05) is 159 Å². The van der Waals surface area contributed by atoms with E-state index in [4.69, 9.17) is 61.6 Å². The Kier molecular flexibility index (Phi) is 31.1. The highest BCUT2D eigenvalue weighted by Crippen LogP contribution is 2.00. The van der Waals surface area contributed by atoms with Crippen molar-refractivity contribution in [1.29, 1.82) is 0 Å². The van der Waals surface area contributed by atoms with Gasteiger partial charge in [-0.25, -0.2) is 9.59 Å². The summed E-state index contributed by atoms with van der Waals surface area (Å²) in [5.41, 5.74) is 0.916. The number of ether oxygens (including phenoxy) is 13. The van der Waals surface area contributed by atoms with Crippen LogP contribution in [0, 0.1) is 0 Å². The maximum absolute atomic E-state index is 11.8. The van der Waals surface area contributed by atoms with Crippen LogP contribution in [0.2, 0.25) is 0 Å². The molecule has 0 amide bonds. The minimum Gasteiger partial charge on any atom is -0.460 e. The maximum Gasteiger partial charge on any atom is 0.338 e. The summed E-state index contributed by atoms with van der Waals surface area (Å²) < 4.78 is 70.1. The first kappa shape index (κ1) is 46.0. The minimum absolute atomic E-state index is 0.175. The zero-order valence-electron chi connectivity index (χ0n) is 30.6. The molecule has 300 valence electrons. The van der Waals surface area contributed by atoms with Gasteiger partial charge in [0.1, 0.15) is 13.2 Å². The summed E-state index contributed by atoms with van der Waals surface area (Å²) in [4.78, 5) is 31.2. The number of carbonyl (C=O) groups is 2. The molecule has 0 saturated carbocycles. The number of nitrogens with zero attached hydrogens (tertiary/aromatic N) is 2. The summed E-state index contributed by atoms with van der Waals surface area (Å²) in [5.74, 6) is -0.803. The van der Waals surface area contributed by atoms with Gasteiger partial charge in [0.25, 0.3) is 0 Å². The van der Waals surface area contributed by atoms with Crippen molar-refractivity contribution in [2.24, 2.45) is 0 Å². The average Bonchev–Trinajstić information content (AvgIpc) is 3.19. The second kappa shape index (κ2) is 35.8. The van der Waals surface area contributed by atoms with Gasteiger partial charge < -0.3 is 61.6 Å². The fourth-order valence-electron chi connectivity index (χ4n) is 3.83. The second-order valence-electron chi connectivity index (χ2n) is 10.5. The lowest BCUT2D eigenvalue weighted by Crippen LogP contribution is -2.16. The number of carbonyl (C=O) groups excluding carboxylic acids is 2. The molecule has 17 nitrogen and oxygen atoms in total. The normalized spacial score (nSPS) is 11.2. The predicted molar refractivity (Wildman–Crippen MR) is 188 cm³/mol. The third-order valence-electron chi connectivity index (χ3n) is 6.47. The Labute approximate surface area is 311 Å². The van der Waals surface area contributed by atoms with Crippen molar-refractivity contribution < 1.29 is 71.2 Å². The van der Waals surface area contributed by atoms with Gasteiger partial charge in [0, 0.05) is 24.8 Å². The number of pyridine rings is 2. The van der Waals surface area contributed by atoms with Gasteiger partial charge >= 0.3 is 11.9 Å². The molecule has 2 heterocycles. The summed E-state index contributed by atoms with van der Waals surface area (Å²) >= 11 is 0. The van der Waals surface area contributed by atoms with E-state index in [-0.39, 0.29) is 13.2 Å². The van der Waals surface area contributed by atoms with Gasteiger partial charge in [0.2, 0.25) is 0 Å². The van der Waals surface area contributed by atoms with E-state index in [1.54, 1.807) is 24.3 Å². The van der Waals surface area contributed by atoms with Crippen LogP contribution in [0.3, 0.4) is 0 Å². The molecule has 0 N–H and O–H groups in total. The van der Waals surface area contributed by atoms with Crippen LogP contribution in [-0.4, -0.2) is 180 Å². The molecule has 0 aromatic carbocycles. The fraction of sp³-hybridized carbons (Fsp3) is 0.667. The number of hydrogen-bond donors (Lipinski definition) is 0. The van der Waals surface area contributed by atoms with Gasteiger partial charge in [0.15, 0.2) is 0 Å². The molecule has 2 rings (SSSR count). The summed E-state index contributed by atoms with van der Waals surface area (Å²) in [6.07, 6.45) is 6.15. The third-order valence-corrected chi connectivity index (χ3v) is 6.47. The largest absolute Gasteiger partial charge is 0.460 e. The van der Waals surface area contributed by atoms with E-state index in [1.807, 2.05) is 0 Å². The van der Waals surface area contributed by atoms with E-state index < -0.39 is 11.9 Å². The minimum atomic E-state index is -0.401. The average molecular weight is 757 g/mol. The lowest BCUT2D eigenvalue weighted by molar-refractivity contribution is -0.0285. The van der Waals surface area contributed by atoms with Crippen molar-refractivity contribution in [3.63, 3.8) is 0 Å². The molecule has 2 aromatic heterocycles. The van der Waals surface area contributed by atoms with Crippen molar-refractivity contribution in [2.45, 2.75) is 0 Å². The van der Waals surface area contributed by atoms with Crippen LogP contribution < -0.4 is 0 Å². The second-order valence-corrected chi connectivity index (χ2v) is 10.5. The molecule has 0 fully saturated rings. The SMILES string of the molecule is O=C(OCCOCCOCCOCCOCCOCCOCCOCCOCCOCCOCCOCCOC(=O)c1ccncc1)c1ccncc1. The van der Waals surface area contributed by atoms with Gasteiger partial charge in [0.05, 0.1) is 156 Å². The summed E-state index contributed by atoms with van der Waals surface area (Å²) in [5, 5.41) is 0. The molecular formula is C36H56N2O15. The lowest BCUT2D eigenvalue weighted by Gasteiger charge is -2.09. The molecule has 0 aliphatic carbocycles. The quantitative estimate of drug-likeness (QED) is 0.0713. The molecule has 0 saturated heterocycles. The number of hydrogen-bond acceptors (Lipinski definition) is 17. The molecule has 0 radical (unpaired) electrons. The van der Waals surface area contributed by atoms with Crippen molar-refractivity contribution in [1.82, 2.24) is 9.97 Å². The molecule has 0 bridgehead atoms. The molecular weight excluding hydrogens is 700 g/mol. The van der Waals surface area contributed by atoms with Crippen LogP contribution >= 0.6 is 0 Å². The Morgan fingerprint density at radius 3 is 0.660 bits per heavy atom. The van der Waals surface area contributed by atoms with E-state index in [9.17, 15) is 9.59 Å². The highest BCUT2D eigenvalue weighted by atomic mass is 16.6. The van der Waals surface area contributed by atoms with E-state index in [0.29, 0.717) is 156 Å². The summed E-state index contributed by atoms with van der Waals surface area (Å²) in [6.45, 7) is 10.1. The van der Waals surface area contributed by atoms with Gasteiger partial charge in [-0.05, 0) is 24.3 Å². The highest BCUT2D eigenvalue weighted by Gasteiger charge is 2.06. The molecule has 2 aromatic rings. The zero-order chi connectivity index (χ0) is 37.5. The van der Waals surface area contributed by atoms with Gasteiger partial charge in [-0.15, -0.1) is 0 Å². The summed E-state index contributed by atoms with van der Waals surface area (Å²) in [6, 6.07) is 6.38. The first-order valence-corrected chi connectivity index (χ1v) is 17.8. The van der Waals surface area contributed by atoms with Crippen molar-refractivity contribution in [3.05, 3.63) is 60.2 Å². The number of esters is 2. The van der Waals surface area contributed by atoms with E-state index in [1.165, 1.54) is 24.8 Å². The van der Waals surface area contributed by atoms with Crippen LogP contribution in [0.25, 0.3) is 0 Å². The summed E-state index contributed by atoms with van der Waals surface area (Å²) in [7, 11) is 0. The number of aromatic nitrogens is 2. The molecule has 0 spiro atoms. The van der Waals surface area contributed by atoms with Gasteiger partial charge in [-0.3, -0.25) is 9.97 Å². The highest BCUT2D eigenvalue weighted by molar-refractivity contribution is 5.89. The lowest BCUT2D eigenvalue weighted by atomic mass is 10.3. The first-order chi connectivity index (χ1) is 26.3. The Morgan fingerprint density at radius 1 is 0.302 bits per heavy atom. The standard InChI is InChI=1S/C36H56N2O15/c39-35(33-1-5-37-6-2-33)52-31-29-50-27-25-48-23-21-46-19-17-44-15-13-42-11-9-41-10-12-43-14-16-45-18-20-47-22-24-49-26-28-51-30-32-53-36(40)34-3-7-38-8-4-34/h1-8H,9-32H2. The molecule has 0 aliphatic heterocycles. The molecule has 0 unspecified atom stereocenters. The smallest absolute Gasteiger partial charge is 0.338 e. The van der Waals surface area contributed by atoms with Gasteiger partial charge in [-0.2, -0.15) is 0 Å². The molecule has 0 atom stereocenters. The van der Waals surface area contributed by atoms with Crippen LogP contribution in [-0.2, 0) is 61.6 Å². The van der Waals surface area contributed by atoms with Crippen LogP contribution in [0.4, 0.5) is 0 Å². The monoisotopic (exact) mass is 756 g/mol. The van der Waals surface area contributed by atoms with E-state index in [2.05, 4.69) is 9.97 Å². The van der Waals surface area contributed by atoms with Crippen LogP contribution in [0.15, 0.2) is 49.1 Å². The van der Waals surface area contributed by atoms with E-state index >= 15 is 0 Å². The van der Waals surface area contributed by atoms with Crippen molar-refractivity contribution >= 4 is 11.9 Å². The number of rotatable bonds is 38. The van der Waals surface area contributed by atoms with E-state index in [0.717, 1.165) is 0 Å². The Morgan fingerprint density at radius 2 is 0.472 bits per heavy atom. The Hall–Kier alpha value is -3.20. The fourth-order valence-corrected chi connectivity index (χ4v) is 3.83. The molecule has 17 heteroatoms. The molecule has 53 heavy (non-hydrogen) atoms. The maximum atomic E-state index is 11.8. The van der Waals surface area contributed by atoms with Crippen molar-refractivity contribution in [3.8, 4) is 0 Å².